The van der Waals surface area contributed by atoms with Crippen molar-refractivity contribution in [2.24, 2.45) is 11.8 Å². The molecule has 2 aliphatic rings. The van der Waals surface area contributed by atoms with Crippen molar-refractivity contribution < 1.29 is 56.1 Å². The van der Waals surface area contributed by atoms with Crippen molar-refractivity contribution in [3.05, 3.63) is 58.7 Å². The fourth-order valence-electron chi connectivity index (χ4n) is 4.99. The Morgan fingerprint density at radius 3 is 2.18 bits per heavy atom. The number of benzene rings is 1. The van der Waals surface area contributed by atoms with E-state index in [1.54, 1.807) is 0 Å². The summed E-state index contributed by atoms with van der Waals surface area (Å²) in [5.41, 5.74) is -1.89. The minimum absolute atomic E-state index is 0.407. The van der Waals surface area contributed by atoms with Crippen LogP contribution in [-0.4, -0.2) is 69.2 Å². The molecule has 0 bridgehead atoms. The van der Waals surface area contributed by atoms with E-state index in [2.05, 4.69) is 20.9 Å². The van der Waals surface area contributed by atoms with Gasteiger partial charge in [-0.15, -0.1) is 0 Å². The van der Waals surface area contributed by atoms with Crippen molar-refractivity contribution in [2.45, 2.75) is 69.9 Å². The zero-order valence-corrected chi connectivity index (χ0v) is 23.4. The molecule has 11 nitrogen and oxygen atoms in total. The number of nitrogens with one attached hydrogen (secondary N) is 3. The first kappa shape index (κ1) is 32.6. The molecule has 6 atom stereocenters. The molecule has 1 saturated carbocycles. The number of aliphatic hydroxyl groups excluding tert-OH is 1. The standard InChI is InChI=1S/C28H29F5N4O7/c1-10-23(39)14(9-13-16(29)18(31)20(33)19(32)17(13)30)36-25(40)21(37-26(41)22-15(38)7-4-8-34-22)11(2)35-27(42)24(44-28(10)43)12-5-3-6-12/h4,7-8,10-12,14,21,23-24,38-39H,3,5-6,9H2,1-2H3,(H,35,42)(H,36,40)(H,37,41)/t10-,11-,14+,21+,23+,24?/m1/s1. The SMILES string of the molecule is C[C@H]1NC(=O)C(C2CCC2)OC(=O)[C@H](C)[C@H](O)[C@H](Cc2c(F)c(F)c(F)c(F)c2F)NC(=O)[C@H]1NC(=O)c1ncccc1O. The molecule has 5 N–H and O–H groups in total. The van der Waals surface area contributed by atoms with Gasteiger partial charge in [-0.2, -0.15) is 0 Å². The minimum atomic E-state index is -2.42. The number of pyridine rings is 1. The number of hydrogen-bond donors (Lipinski definition) is 5. The predicted octanol–water partition coefficient (Wildman–Crippen LogP) is 1.54. The Bertz CT molecular complexity index is 1450. The largest absolute Gasteiger partial charge is 0.505 e. The summed E-state index contributed by atoms with van der Waals surface area (Å²) in [6.07, 6.45) is -1.66. The molecule has 1 unspecified atom stereocenters. The number of aliphatic hydroxyl groups is 1. The van der Waals surface area contributed by atoms with E-state index in [4.69, 9.17) is 4.74 Å². The van der Waals surface area contributed by atoms with Crippen LogP contribution >= 0.6 is 0 Å². The van der Waals surface area contributed by atoms with E-state index < -0.39 is 118 Å². The number of esters is 1. The molecule has 44 heavy (non-hydrogen) atoms. The van der Waals surface area contributed by atoms with Crippen LogP contribution in [0.1, 0.15) is 49.2 Å². The van der Waals surface area contributed by atoms with Gasteiger partial charge in [0.25, 0.3) is 11.8 Å². The molecule has 1 aliphatic carbocycles. The van der Waals surface area contributed by atoms with Gasteiger partial charge in [0.1, 0.15) is 11.8 Å². The summed E-state index contributed by atoms with van der Waals surface area (Å²) < 4.78 is 76.3. The van der Waals surface area contributed by atoms with Gasteiger partial charge in [0, 0.05) is 24.1 Å². The van der Waals surface area contributed by atoms with Crippen molar-refractivity contribution in [3.63, 3.8) is 0 Å². The van der Waals surface area contributed by atoms with Gasteiger partial charge in [-0.1, -0.05) is 6.42 Å². The molecular formula is C28H29F5N4O7. The Labute approximate surface area is 247 Å². The number of halogens is 5. The van der Waals surface area contributed by atoms with E-state index in [1.165, 1.54) is 19.2 Å². The average Bonchev–Trinajstić information content (AvgIpc) is 2.96. The second-order valence-electron chi connectivity index (χ2n) is 10.8. The van der Waals surface area contributed by atoms with Crippen LogP contribution in [0.2, 0.25) is 0 Å². The zero-order valence-electron chi connectivity index (χ0n) is 23.4. The van der Waals surface area contributed by atoms with Gasteiger partial charge >= 0.3 is 5.97 Å². The smallest absolute Gasteiger partial charge is 0.312 e. The fraction of sp³-hybridized carbons (Fsp3) is 0.464. The third kappa shape index (κ3) is 6.44. The number of hydrogen-bond acceptors (Lipinski definition) is 8. The number of aromatic nitrogens is 1. The highest BCUT2D eigenvalue weighted by Gasteiger charge is 2.43. The molecule has 1 aliphatic heterocycles. The Morgan fingerprint density at radius 1 is 1.00 bits per heavy atom. The van der Waals surface area contributed by atoms with Gasteiger partial charge in [-0.3, -0.25) is 19.2 Å². The van der Waals surface area contributed by atoms with Gasteiger partial charge in [-0.05, 0) is 38.8 Å². The predicted molar refractivity (Wildman–Crippen MR) is 139 cm³/mol. The topological polar surface area (TPSA) is 167 Å². The van der Waals surface area contributed by atoms with Crippen LogP contribution in [0.5, 0.6) is 5.75 Å². The number of amides is 3. The van der Waals surface area contributed by atoms with Crippen molar-refractivity contribution in [1.29, 1.82) is 0 Å². The molecule has 1 saturated heterocycles. The van der Waals surface area contributed by atoms with Crippen LogP contribution < -0.4 is 16.0 Å². The van der Waals surface area contributed by atoms with E-state index in [1.807, 2.05) is 0 Å². The van der Waals surface area contributed by atoms with Crippen LogP contribution in [0.15, 0.2) is 18.3 Å². The van der Waals surface area contributed by atoms with Gasteiger partial charge in [0.2, 0.25) is 11.7 Å². The first-order chi connectivity index (χ1) is 20.7. The van der Waals surface area contributed by atoms with E-state index >= 15 is 0 Å². The highest BCUT2D eigenvalue weighted by atomic mass is 19.2. The first-order valence-corrected chi connectivity index (χ1v) is 13.7. The van der Waals surface area contributed by atoms with E-state index in [0.29, 0.717) is 12.8 Å². The molecule has 3 amide bonds. The summed E-state index contributed by atoms with van der Waals surface area (Å²) >= 11 is 0. The highest BCUT2D eigenvalue weighted by molar-refractivity contribution is 5.98. The Hall–Kier alpha value is -4.34. The second-order valence-corrected chi connectivity index (χ2v) is 10.8. The van der Waals surface area contributed by atoms with E-state index in [9.17, 15) is 51.3 Å². The molecule has 4 rings (SSSR count). The lowest BCUT2D eigenvalue weighted by Crippen LogP contribution is -2.63. The maximum atomic E-state index is 14.6. The maximum absolute atomic E-state index is 14.6. The zero-order chi connectivity index (χ0) is 32.5. The summed E-state index contributed by atoms with van der Waals surface area (Å²) in [6, 6.07) is -2.41. The average molecular weight is 629 g/mol. The number of aromatic hydroxyl groups is 1. The summed E-state index contributed by atoms with van der Waals surface area (Å²) in [5.74, 6) is -18.1. The lowest BCUT2D eigenvalue weighted by atomic mass is 9.80. The summed E-state index contributed by atoms with van der Waals surface area (Å²) in [7, 11) is 0. The molecule has 16 heteroatoms. The van der Waals surface area contributed by atoms with Gasteiger partial charge in [0.15, 0.2) is 35.1 Å². The summed E-state index contributed by atoms with van der Waals surface area (Å²) in [6.45, 7) is 2.42. The van der Waals surface area contributed by atoms with Crippen molar-refractivity contribution in [2.75, 3.05) is 0 Å². The van der Waals surface area contributed by atoms with Crippen LogP contribution in [-0.2, 0) is 25.5 Å². The van der Waals surface area contributed by atoms with E-state index in [0.717, 1.165) is 19.4 Å². The molecular weight excluding hydrogens is 599 g/mol. The molecule has 2 aromatic rings. The normalized spacial score (nSPS) is 26.8. The van der Waals surface area contributed by atoms with Crippen LogP contribution in [0.3, 0.4) is 0 Å². The Balaban J connectivity index is 1.75. The molecule has 1 aromatic heterocycles. The number of carbonyl (C=O) groups is 4. The third-order valence-electron chi connectivity index (χ3n) is 7.87. The van der Waals surface area contributed by atoms with Gasteiger partial charge < -0.3 is 30.9 Å². The number of ether oxygens (including phenoxy) is 1. The van der Waals surface area contributed by atoms with Crippen LogP contribution in [0.25, 0.3) is 0 Å². The number of cyclic esters (lactones) is 1. The molecule has 0 radical (unpaired) electrons. The van der Waals surface area contributed by atoms with Gasteiger partial charge in [0.05, 0.1) is 24.1 Å². The summed E-state index contributed by atoms with van der Waals surface area (Å²) in [4.78, 5) is 56.5. The molecule has 238 valence electrons. The molecule has 2 heterocycles. The molecule has 1 aromatic carbocycles. The Kier molecular flexibility index (Phi) is 9.71. The van der Waals surface area contributed by atoms with Crippen LogP contribution in [0, 0.1) is 40.9 Å². The lowest BCUT2D eigenvalue weighted by molar-refractivity contribution is -0.169. The van der Waals surface area contributed by atoms with Crippen molar-refractivity contribution >= 4 is 23.7 Å². The van der Waals surface area contributed by atoms with Crippen LogP contribution in [0.4, 0.5) is 22.0 Å². The highest BCUT2D eigenvalue weighted by Crippen LogP contribution is 2.33. The monoisotopic (exact) mass is 628 g/mol. The first-order valence-electron chi connectivity index (χ1n) is 13.7. The number of rotatable bonds is 5. The lowest BCUT2D eigenvalue weighted by Gasteiger charge is -2.37. The fourth-order valence-corrected chi connectivity index (χ4v) is 4.99. The summed E-state index contributed by atoms with van der Waals surface area (Å²) in [5, 5.41) is 28.1. The molecule has 0 spiro atoms. The number of nitrogens with zero attached hydrogens (tertiary/aromatic N) is 1. The maximum Gasteiger partial charge on any atom is 0.312 e. The quantitative estimate of drug-likeness (QED) is 0.144. The van der Waals surface area contributed by atoms with Crippen molar-refractivity contribution in [3.8, 4) is 5.75 Å². The second kappa shape index (κ2) is 13.1. The third-order valence-corrected chi connectivity index (χ3v) is 7.87. The van der Waals surface area contributed by atoms with Crippen molar-refractivity contribution in [1.82, 2.24) is 20.9 Å². The van der Waals surface area contributed by atoms with Gasteiger partial charge in [-0.25, -0.2) is 26.9 Å². The molecule has 2 fully saturated rings. The number of carbonyl (C=O) groups excluding carboxylic acids is 4. The van der Waals surface area contributed by atoms with E-state index in [-0.39, 0.29) is 0 Å². The minimum Gasteiger partial charge on any atom is -0.505 e. The Morgan fingerprint density at radius 2 is 1.61 bits per heavy atom.